The highest BCUT2D eigenvalue weighted by molar-refractivity contribution is 6.21. The number of halogens is 1. The third-order valence-corrected chi connectivity index (χ3v) is 6.82. The highest BCUT2D eigenvalue weighted by atomic mass is 35.5. The van der Waals surface area contributed by atoms with Crippen molar-refractivity contribution in [3.63, 3.8) is 0 Å². The lowest BCUT2D eigenvalue weighted by Gasteiger charge is -2.58. The summed E-state index contributed by atoms with van der Waals surface area (Å²) in [5.74, 6) is 3.83. The van der Waals surface area contributed by atoms with E-state index in [9.17, 15) is 0 Å². The molecule has 0 aromatic heterocycles. The van der Waals surface area contributed by atoms with Crippen molar-refractivity contribution in [3.05, 3.63) is 29.8 Å². The van der Waals surface area contributed by atoms with Gasteiger partial charge in [0.1, 0.15) is 5.75 Å². The molecule has 1 atom stereocenters. The molecule has 0 spiro atoms. The maximum Gasteiger partial charge on any atom is 0.119 e. The Morgan fingerprint density at radius 1 is 1.05 bits per heavy atom. The Morgan fingerprint density at radius 2 is 1.57 bits per heavy atom. The van der Waals surface area contributed by atoms with Gasteiger partial charge in [-0.3, -0.25) is 0 Å². The average molecular weight is 305 g/mol. The number of hydrogen-bond acceptors (Lipinski definition) is 1. The largest absolute Gasteiger partial charge is 0.494 e. The summed E-state index contributed by atoms with van der Waals surface area (Å²) in [5, 5.41) is 0.182. The predicted octanol–water partition coefficient (Wildman–Crippen LogP) is 5.58. The minimum absolute atomic E-state index is 0.182. The summed E-state index contributed by atoms with van der Waals surface area (Å²) in [7, 11) is 0. The Labute approximate surface area is 133 Å². The Kier molecular flexibility index (Phi) is 3.45. The maximum atomic E-state index is 7.02. The molecule has 4 fully saturated rings. The second-order valence-electron chi connectivity index (χ2n) is 7.64. The van der Waals surface area contributed by atoms with Crippen molar-refractivity contribution in [1.29, 1.82) is 0 Å². The number of rotatable bonds is 4. The molecule has 0 aliphatic heterocycles. The van der Waals surface area contributed by atoms with E-state index in [1.165, 1.54) is 44.1 Å². The van der Waals surface area contributed by atoms with Crippen LogP contribution in [0.3, 0.4) is 0 Å². The summed E-state index contributed by atoms with van der Waals surface area (Å²) in [6, 6.07) is 8.52. The lowest BCUT2D eigenvalue weighted by Crippen LogP contribution is -2.47. The van der Waals surface area contributed by atoms with Gasteiger partial charge in [0.05, 0.1) is 12.0 Å². The van der Waals surface area contributed by atoms with Gasteiger partial charge in [0, 0.05) is 0 Å². The van der Waals surface area contributed by atoms with E-state index in [4.69, 9.17) is 16.3 Å². The van der Waals surface area contributed by atoms with E-state index < -0.39 is 0 Å². The molecule has 4 aliphatic carbocycles. The molecule has 21 heavy (non-hydrogen) atoms. The first-order valence-electron chi connectivity index (χ1n) is 8.55. The molecule has 0 radical (unpaired) electrons. The van der Waals surface area contributed by atoms with Gasteiger partial charge in [-0.1, -0.05) is 12.1 Å². The zero-order valence-corrected chi connectivity index (χ0v) is 13.6. The molecule has 4 saturated carbocycles. The van der Waals surface area contributed by atoms with Gasteiger partial charge in [-0.25, -0.2) is 0 Å². The quantitative estimate of drug-likeness (QED) is 0.660. The van der Waals surface area contributed by atoms with Crippen LogP contribution < -0.4 is 4.74 Å². The van der Waals surface area contributed by atoms with E-state index in [0.29, 0.717) is 5.41 Å². The number of benzene rings is 1. The van der Waals surface area contributed by atoms with Gasteiger partial charge in [0.15, 0.2) is 0 Å². The third kappa shape index (κ3) is 2.38. The molecule has 0 heterocycles. The van der Waals surface area contributed by atoms with Gasteiger partial charge in [0.25, 0.3) is 0 Å². The predicted molar refractivity (Wildman–Crippen MR) is 86.8 cm³/mol. The second kappa shape index (κ2) is 5.19. The average Bonchev–Trinajstić information content (AvgIpc) is 2.46. The number of alkyl halides is 1. The summed E-state index contributed by atoms with van der Waals surface area (Å²) in [6.45, 7) is 2.74. The lowest BCUT2D eigenvalue weighted by atomic mass is 9.48. The fourth-order valence-corrected chi connectivity index (χ4v) is 6.15. The minimum atomic E-state index is 0.182. The monoisotopic (exact) mass is 304 g/mol. The van der Waals surface area contributed by atoms with Crippen molar-refractivity contribution in [3.8, 4) is 5.75 Å². The SMILES string of the molecule is CCOc1ccc(C(Cl)C23CC4CC(CC(C4)C2)C3)cc1. The van der Waals surface area contributed by atoms with Gasteiger partial charge in [-0.15, -0.1) is 11.6 Å². The smallest absolute Gasteiger partial charge is 0.119 e. The van der Waals surface area contributed by atoms with Gasteiger partial charge < -0.3 is 4.74 Å². The molecule has 5 rings (SSSR count). The molecule has 1 unspecified atom stereocenters. The van der Waals surface area contributed by atoms with E-state index in [1.54, 1.807) is 0 Å². The van der Waals surface area contributed by atoms with Crippen molar-refractivity contribution < 1.29 is 4.74 Å². The third-order valence-electron chi connectivity index (χ3n) is 6.11. The maximum absolute atomic E-state index is 7.02. The second-order valence-corrected chi connectivity index (χ2v) is 8.08. The van der Waals surface area contributed by atoms with E-state index in [1.807, 2.05) is 6.92 Å². The van der Waals surface area contributed by atoms with Crippen LogP contribution in [0.4, 0.5) is 0 Å². The van der Waals surface area contributed by atoms with Gasteiger partial charge >= 0.3 is 0 Å². The van der Waals surface area contributed by atoms with Crippen LogP contribution in [-0.4, -0.2) is 6.61 Å². The number of ether oxygens (including phenoxy) is 1. The van der Waals surface area contributed by atoms with Gasteiger partial charge in [-0.05, 0) is 86.3 Å². The zero-order valence-electron chi connectivity index (χ0n) is 12.9. The molecule has 1 aromatic rings. The molecule has 1 nitrogen and oxygen atoms in total. The number of hydrogen-bond donors (Lipinski definition) is 0. The zero-order chi connectivity index (χ0) is 14.4. The summed E-state index contributed by atoms with van der Waals surface area (Å²) in [6.07, 6.45) is 8.52. The van der Waals surface area contributed by atoms with Crippen LogP contribution in [0.2, 0.25) is 0 Å². The highest BCUT2D eigenvalue weighted by Crippen LogP contribution is 2.65. The first-order chi connectivity index (χ1) is 10.2. The van der Waals surface area contributed by atoms with Crippen molar-refractivity contribution in [2.75, 3.05) is 6.61 Å². The Morgan fingerprint density at radius 3 is 2.05 bits per heavy atom. The van der Waals surface area contributed by atoms with Crippen LogP contribution in [0.15, 0.2) is 24.3 Å². The Hall–Kier alpha value is -0.690. The fraction of sp³-hybridized carbons (Fsp3) is 0.684. The molecule has 114 valence electrons. The summed E-state index contributed by atoms with van der Waals surface area (Å²) >= 11 is 7.02. The van der Waals surface area contributed by atoms with Crippen LogP contribution in [0.1, 0.15) is 56.4 Å². The van der Waals surface area contributed by atoms with Crippen molar-refractivity contribution in [1.82, 2.24) is 0 Å². The Bertz CT molecular complexity index is 472. The highest BCUT2D eigenvalue weighted by Gasteiger charge is 2.54. The Balaban J connectivity index is 1.57. The van der Waals surface area contributed by atoms with Crippen molar-refractivity contribution >= 4 is 11.6 Å². The molecule has 1 aromatic carbocycles. The molecular weight excluding hydrogens is 280 g/mol. The first-order valence-corrected chi connectivity index (χ1v) is 8.99. The van der Waals surface area contributed by atoms with Gasteiger partial charge in [0.2, 0.25) is 0 Å². The molecule has 0 saturated heterocycles. The molecule has 4 bridgehead atoms. The summed E-state index contributed by atoms with van der Waals surface area (Å²) in [4.78, 5) is 0. The standard InChI is InChI=1S/C19H25ClO/c1-2-21-17-5-3-16(4-6-17)18(20)19-10-13-7-14(11-19)9-15(8-13)12-19/h3-6,13-15,18H,2,7-12H2,1H3. The molecule has 2 heteroatoms. The summed E-state index contributed by atoms with van der Waals surface area (Å²) < 4.78 is 5.55. The fourth-order valence-electron chi connectivity index (χ4n) is 5.74. The molecule has 4 aliphatic rings. The van der Waals surface area contributed by atoms with E-state index in [0.717, 1.165) is 30.1 Å². The molecule has 0 N–H and O–H groups in total. The summed E-state index contributed by atoms with van der Waals surface area (Å²) in [5.41, 5.74) is 1.67. The van der Waals surface area contributed by atoms with Crippen molar-refractivity contribution in [2.45, 2.75) is 50.8 Å². The minimum Gasteiger partial charge on any atom is -0.494 e. The van der Waals surface area contributed by atoms with E-state index in [-0.39, 0.29) is 5.38 Å². The van der Waals surface area contributed by atoms with Crippen LogP contribution >= 0.6 is 11.6 Å². The van der Waals surface area contributed by atoms with Crippen LogP contribution in [0.5, 0.6) is 5.75 Å². The normalized spacial score (nSPS) is 38.5. The van der Waals surface area contributed by atoms with E-state index in [2.05, 4.69) is 24.3 Å². The molecule has 0 amide bonds. The van der Waals surface area contributed by atoms with Crippen LogP contribution in [0, 0.1) is 23.2 Å². The van der Waals surface area contributed by atoms with Crippen LogP contribution in [0.25, 0.3) is 0 Å². The van der Waals surface area contributed by atoms with Gasteiger partial charge in [-0.2, -0.15) is 0 Å². The lowest BCUT2D eigenvalue weighted by molar-refractivity contribution is -0.0552. The first kappa shape index (κ1) is 13.9. The topological polar surface area (TPSA) is 9.23 Å². The van der Waals surface area contributed by atoms with Crippen molar-refractivity contribution in [2.24, 2.45) is 23.2 Å². The van der Waals surface area contributed by atoms with E-state index >= 15 is 0 Å². The van der Waals surface area contributed by atoms with Crippen LogP contribution in [-0.2, 0) is 0 Å². The molecular formula is C19H25ClO.